The average molecular weight is 289 g/mol. The van der Waals surface area contributed by atoms with Crippen molar-refractivity contribution < 1.29 is 5.11 Å². The molecule has 0 unspecified atom stereocenters. The third-order valence-corrected chi connectivity index (χ3v) is 5.15. The van der Waals surface area contributed by atoms with Crippen LogP contribution in [0.2, 0.25) is 0 Å². The molecule has 2 atom stereocenters. The minimum absolute atomic E-state index is 0.370. The first kappa shape index (κ1) is 14.9. The standard InChI is InChI=1S/C17H27N3O/c1-13(2)16-18-9-6-15(19-16)12-20-10-8-17(21)7-4-3-5-14(17)11-20/h6,9,13-14,21H,3-5,7-8,10-12H2,1-2H3/t14-,17-/m0/s1. The number of rotatable bonds is 3. The maximum Gasteiger partial charge on any atom is 0.131 e. The van der Waals surface area contributed by atoms with Crippen molar-refractivity contribution in [2.45, 2.75) is 64.0 Å². The molecule has 4 nitrogen and oxygen atoms in total. The van der Waals surface area contributed by atoms with Crippen molar-refractivity contribution in [1.29, 1.82) is 0 Å². The summed E-state index contributed by atoms with van der Waals surface area (Å²) in [6.45, 7) is 7.13. The Bertz CT molecular complexity index is 491. The van der Waals surface area contributed by atoms with Crippen molar-refractivity contribution in [3.8, 4) is 0 Å². The summed E-state index contributed by atoms with van der Waals surface area (Å²) in [4.78, 5) is 11.5. The molecule has 0 radical (unpaired) electrons. The maximum atomic E-state index is 10.7. The molecule has 4 heteroatoms. The predicted octanol–water partition coefficient (Wildman–Crippen LogP) is 2.73. The second-order valence-corrected chi connectivity index (χ2v) is 7.09. The van der Waals surface area contributed by atoms with Gasteiger partial charge in [0.15, 0.2) is 0 Å². The van der Waals surface area contributed by atoms with Crippen LogP contribution in [0, 0.1) is 5.92 Å². The van der Waals surface area contributed by atoms with Gasteiger partial charge in [0, 0.05) is 37.7 Å². The number of fused-ring (bicyclic) bond motifs is 1. The number of aromatic nitrogens is 2. The van der Waals surface area contributed by atoms with Crippen molar-refractivity contribution in [2.75, 3.05) is 13.1 Å². The smallest absolute Gasteiger partial charge is 0.131 e. The van der Waals surface area contributed by atoms with Gasteiger partial charge in [-0.15, -0.1) is 0 Å². The fourth-order valence-electron chi connectivity index (χ4n) is 3.79. The summed E-state index contributed by atoms with van der Waals surface area (Å²) in [7, 11) is 0. The Kier molecular flexibility index (Phi) is 4.27. The lowest BCUT2D eigenvalue weighted by atomic mass is 9.71. The van der Waals surface area contributed by atoms with Crippen LogP contribution in [0.25, 0.3) is 0 Å². The molecule has 0 bridgehead atoms. The minimum atomic E-state index is -0.385. The normalized spacial score (nSPS) is 30.4. The molecule has 1 saturated carbocycles. The molecule has 2 aliphatic rings. The Balaban J connectivity index is 1.65. The molecule has 0 amide bonds. The van der Waals surface area contributed by atoms with Gasteiger partial charge in [0.25, 0.3) is 0 Å². The van der Waals surface area contributed by atoms with E-state index < -0.39 is 0 Å². The number of nitrogens with zero attached hydrogens (tertiary/aromatic N) is 3. The molecule has 1 saturated heterocycles. The van der Waals surface area contributed by atoms with E-state index in [9.17, 15) is 5.11 Å². The van der Waals surface area contributed by atoms with E-state index in [0.29, 0.717) is 11.8 Å². The maximum absolute atomic E-state index is 10.7. The van der Waals surface area contributed by atoms with Gasteiger partial charge in [-0.05, 0) is 25.3 Å². The SMILES string of the molecule is CC(C)c1nccc(CN2CC[C@@]3(O)CCCC[C@H]3C2)n1. The lowest BCUT2D eigenvalue weighted by molar-refractivity contribution is -0.0969. The molecule has 116 valence electrons. The first-order chi connectivity index (χ1) is 10.1. The number of hydrogen-bond donors (Lipinski definition) is 1. The summed E-state index contributed by atoms with van der Waals surface area (Å²) in [6.07, 6.45) is 7.42. The molecule has 0 aromatic carbocycles. The summed E-state index contributed by atoms with van der Waals surface area (Å²) < 4.78 is 0. The highest BCUT2D eigenvalue weighted by Gasteiger charge is 2.42. The average Bonchev–Trinajstić information content (AvgIpc) is 2.48. The van der Waals surface area contributed by atoms with Gasteiger partial charge in [0.2, 0.25) is 0 Å². The second kappa shape index (κ2) is 6.01. The zero-order chi connectivity index (χ0) is 14.9. The van der Waals surface area contributed by atoms with Crippen LogP contribution >= 0.6 is 0 Å². The van der Waals surface area contributed by atoms with Gasteiger partial charge >= 0.3 is 0 Å². The monoisotopic (exact) mass is 289 g/mol. The van der Waals surface area contributed by atoms with Crippen LogP contribution in [0.4, 0.5) is 0 Å². The highest BCUT2D eigenvalue weighted by atomic mass is 16.3. The fraction of sp³-hybridized carbons (Fsp3) is 0.765. The number of aliphatic hydroxyl groups is 1. The molecule has 21 heavy (non-hydrogen) atoms. The number of likely N-dealkylation sites (tertiary alicyclic amines) is 1. The first-order valence-electron chi connectivity index (χ1n) is 8.33. The van der Waals surface area contributed by atoms with Gasteiger partial charge in [-0.2, -0.15) is 0 Å². The largest absolute Gasteiger partial charge is 0.390 e. The zero-order valence-corrected chi connectivity index (χ0v) is 13.3. The Morgan fingerprint density at radius 1 is 1.38 bits per heavy atom. The molecule has 1 aliphatic carbocycles. The van der Waals surface area contributed by atoms with Crippen molar-refractivity contribution in [3.05, 3.63) is 23.8 Å². The van der Waals surface area contributed by atoms with Crippen molar-refractivity contribution in [3.63, 3.8) is 0 Å². The molecule has 0 spiro atoms. The number of hydrogen-bond acceptors (Lipinski definition) is 4. The van der Waals surface area contributed by atoms with Crippen LogP contribution in [-0.2, 0) is 6.54 Å². The van der Waals surface area contributed by atoms with Crippen LogP contribution < -0.4 is 0 Å². The van der Waals surface area contributed by atoms with Crippen molar-refractivity contribution >= 4 is 0 Å². The Labute approximate surface area is 127 Å². The van der Waals surface area contributed by atoms with E-state index in [-0.39, 0.29) is 5.60 Å². The molecule has 1 aliphatic heterocycles. The van der Waals surface area contributed by atoms with E-state index in [0.717, 1.165) is 44.0 Å². The van der Waals surface area contributed by atoms with Gasteiger partial charge in [0.1, 0.15) is 5.82 Å². The molecule has 2 fully saturated rings. The quantitative estimate of drug-likeness (QED) is 0.929. The van der Waals surface area contributed by atoms with Gasteiger partial charge in [-0.3, -0.25) is 4.90 Å². The molecule has 2 heterocycles. The van der Waals surface area contributed by atoms with Crippen molar-refractivity contribution in [2.24, 2.45) is 5.92 Å². The Morgan fingerprint density at radius 3 is 3.05 bits per heavy atom. The van der Waals surface area contributed by atoms with E-state index in [1.54, 1.807) is 0 Å². The Morgan fingerprint density at radius 2 is 2.24 bits per heavy atom. The first-order valence-corrected chi connectivity index (χ1v) is 8.33. The van der Waals surface area contributed by atoms with E-state index in [1.807, 2.05) is 12.3 Å². The molecular formula is C17H27N3O. The second-order valence-electron chi connectivity index (χ2n) is 7.09. The summed E-state index contributed by atoms with van der Waals surface area (Å²) in [5.74, 6) is 1.75. The lowest BCUT2D eigenvalue weighted by Gasteiger charge is -2.47. The third kappa shape index (κ3) is 3.27. The summed E-state index contributed by atoms with van der Waals surface area (Å²) >= 11 is 0. The molecule has 1 aromatic rings. The highest BCUT2D eigenvalue weighted by Crippen LogP contribution is 2.39. The van der Waals surface area contributed by atoms with E-state index in [4.69, 9.17) is 0 Å². The van der Waals surface area contributed by atoms with Crippen LogP contribution in [-0.4, -0.2) is 38.7 Å². The molecule has 1 aromatic heterocycles. The zero-order valence-electron chi connectivity index (χ0n) is 13.3. The van der Waals surface area contributed by atoms with Crippen LogP contribution in [0.5, 0.6) is 0 Å². The van der Waals surface area contributed by atoms with E-state index in [1.165, 1.54) is 19.3 Å². The van der Waals surface area contributed by atoms with E-state index in [2.05, 4.69) is 28.7 Å². The van der Waals surface area contributed by atoms with Crippen LogP contribution in [0.3, 0.4) is 0 Å². The summed E-state index contributed by atoms with van der Waals surface area (Å²) in [6, 6.07) is 2.02. The van der Waals surface area contributed by atoms with Gasteiger partial charge in [0.05, 0.1) is 11.3 Å². The fourth-order valence-corrected chi connectivity index (χ4v) is 3.79. The van der Waals surface area contributed by atoms with Crippen molar-refractivity contribution in [1.82, 2.24) is 14.9 Å². The third-order valence-electron chi connectivity index (χ3n) is 5.15. The highest BCUT2D eigenvalue weighted by molar-refractivity contribution is 5.06. The number of piperidine rings is 1. The summed E-state index contributed by atoms with van der Waals surface area (Å²) in [5.41, 5.74) is 0.721. The lowest BCUT2D eigenvalue weighted by Crippen LogP contribution is -2.53. The van der Waals surface area contributed by atoms with Crippen LogP contribution in [0.15, 0.2) is 12.3 Å². The van der Waals surface area contributed by atoms with Gasteiger partial charge < -0.3 is 5.11 Å². The van der Waals surface area contributed by atoms with Gasteiger partial charge in [-0.25, -0.2) is 9.97 Å². The van der Waals surface area contributed by atoms with Crippen LogP contribution in [0.1, 0.15) is 63.4 Å². The van der Waals surface area contributed by atoms with E-state index >= 15 is 0 Å². The topological polar surface area (TPSA) is 49.2 Å². The molecule has 1 N–H and O–H groups in total. The predicted molar refractivity (Wildman–Crippen MR) is 82.9 cm³/mol. The van der Waals surface area contributed by atoms with Gasteiger partial charge in [-0.1, -0.05) is 26.7 Å². The molecular weight excluding hydrogens is 262 g/mol. The summed E-state index contributed by atoms with van der Waals surface area (Å²) in [5, 5.41) is 10.7. The molecule has 3 rings (SSSR count). The minimum Gasteiger partial charge on any atom is -0.390 e. The Hall–Kier alpha value is -1.00.